The van der Waals surface area contributed by atoms with Crippen LogP contribution in [-0.2, 0) is 0 Å². The monoisotopic (exact) mass is 1750 g/mol. The lowest BCUT2D eigenvalue weighted by Crippen LogP contribution is -2.13. The molecule has 646 valence electrons. The van der Waals surface area contributed by atoms with Crippen LogP contribution in [0.15, 0.2) is 400 Å². The van der Waals surface area contributed by atoms with E-state index >= 15 is 0 Å². The van der Waals surface area contributed by atoms with Crippen LogP contribution in [-0.4, -0.2) is 61.3 Å². The molecule has 0 spiro atoms. The van der Waals surface area contributed by atoms with Gasteiger partial charge in [0.2, 0.25) is 0 Å². The molecule has 22 aromatic rings. The van der Waals surface area contributed by atoms with Crippen LogP contribution in [0, 0.1) is 0 Å². The Kier molecular flexibility index (Phi) is 20.4. The molecule has 134 heavy (non-hydrogen) atoms. The molecule has 2 aliphatic heterocycles. The average molecular weight is 1750 g/mol. The second kappa shape index (κ2) is 33.3. The molecular weight excluding hydrogens is 1670 g/mol. The van der Waals surface area contributed by atoms with Crippen molar-refractivity contribution in [3.05, 3.63) is 467 Å². The highest BCUT2D eigenvalue weighted by Gasteiger charge is 2.37. The first kappa shape index (κ1) is 81.8. The fraction of sp³-hybridized carbons (Fsp3) is 0.0333. The highest BCUT2D eigenvalue weighted by molar-refractivity contribution is 6.01. The number of aromatic hydroxyl groups is 12. The van der Waals surface area contributed by atoms with E-state index in [1.165, 1.54) is 11.1 Å². The third-order valence-electron chi connectivity index (χ3n) is 26.4. The van der Waals surface area contributed by atoms with Gasteiger partial charge in [0, 0.05) is 68.2 Å². The number of hydrogen-bond acceptors (Lipinski definition) is 14. The molecule has 0 fully saturated rings. The zero-order valence-electron chi connectivity index (χ0n) is 71.6. The summed E-state index contributed by atoms with van der Waals surface area (Å²) in [5.41, 5.74) is 16.6. The Morgan fingerprint density at radius 3 is 0.679 bits per heavy atom. The van der Waals surface area contributed by atoms with Crippen molar-refractivity contribution >= 4 is 86.2 Å². The van der Waals surface area contributed by atoms with Gasteiger partial charge >= 0.3 is 0 Å². The van der Waals surface area contributed by atoms with E-state index in [9.17, 15) is 61.3 Å². The molecule has 0 aromatic heterocycles. The molecule has 0 bridgehead atoms. The van der Waals surface area contributed by atoms with Crippen molar-refractivity contribution in [1.82, 2.24) is 0 Å². The maximum Gasteiger partial charge on any atom is 0.132 e. The predicted molar refractivity (Wildman–Crippen MR) is 531 cm³/mol. The second-order valence-electron chi connectivity index (χ2n) is 34.3. The Labute approximate surface area is 768 Å². The first-order valence-corrected chi connectivity index (χ1v) is 44.0. The number of rotatable bonds is 11. The summed E-state index contributed by atoms with van der Waals surface area (Å²) in [6, 6.07) is 125. The lowest BCUT2D eigenvalue weighted by Gasteiger charge is -2.31. The summed E-state index contributed by atoms with van der Waals surface area (Å²) in [4.78, 5) is 0. The molecule has 2 aliphatic rings. The zero-order chi connectivity index (χ0) is 91.3. The molecule has 0 aliphatic carbocycles. The molecule has 0 saturated heterocycles. The fourth-order valence-corrected chi connectivity index (χ4v) is 20.2. The standard InChI is InChI=1S/C54H38O8.2C33H22O3/c55-37-13-17-41-33(25-37)9-21-45(59)51(41)49(52-42-18-14-38(56)26-34(42)10-22-46(52)60)31-5-1-29(2-6-31)30-3-7-32(8-4-30)50(53-43-19-15-39(57)27-35(43)11-23-47(53)61)54-44-20-16-40(58)28-36(44)12-24-48(54)62;34-25-12-14-27-23(18-25)10-16-29-32(27)31(22-8-6-21(7-9-22)20-4-2-1-3-5-20)33-28-15-13-26(35)19-24(28)11-17-30(33)36-29;34-25-14-10-22-12-16-29-32(27(22)18-25)31(24-8-6-21(7-9-24)20-4-2-1-3-5-20)33-28-19-26(35)15-11-23(28)13-17-30(33)36-29/h1-28,49-50,55-62H;2*1-19,31,34-35H. The van der Waals surface area contributed by atoms with Crippen molar-refractivity contribution in [2.45, 2.75) is 23.7 Å². The van der Waals surface area contributed by atoms with E-state index in [-0.39, 0.29) is 80.8 Å². The summed E-state index contributed by atoms with van der Waals surface area (Å²) in [5.74, 6) is 2.89. The van der Waals surface area contributed by atoms with Gasteiger partial charge in [-0.3, -0.25) is 0 Å². The molecule has 0 unspecified atom stereocenters. The molecule has 0 atom stereocenters. The quantitative estimate of drug-likeness (QED) is 0.0538. The van der Waals surface area contributed by atoms with E-state index in [4.69, 9.17) is 9.47 Å². The Balaban J connectivity index is 0.000000124. The van der Waals surface area contributed by atoms with Gasteiger partial charge in [0.05, 0.1) is 0 Å². The van der Waals surface area contributed by atoms with Crippen LogP contribution in [0.3, 0.4) is 0 Å². The summed E-state index contributed by atoms with van der Waals surface area (Å²) < 4.78 is 12.9. The molecule has 14 heteroatoms. The lowest BCUT2D eigenvalue weighted by molar-refractivity contribution is 0.455. The van der Waals surface area contributed by atoms with E-state index in [0.717, 1.165) is 133 Å². The molecular formula is C120H82O14. The average Bonchev–Trinajstić information content (AvgIpc) is 0.777. The Bertz CT molecular complexity index is 7860. The Morgan fingerprint density at radius 1 is 0.172 bits per heavy atom. The number of ether oxygens (including phenoxy) is 2. The summed E-state index contributed by atoms with van der Waals surface area (Å²) in [6.45, 7) is 0. The van der Waals surface area contributed by atoms with Crippen molar-refractivity contribution in [3.8, 4) is 125 Å². The van der Waals surface area contributed by atoms with E-state index in [2.05, 4.69) is 84.9 Å². The summed E-state index contributed by atoms with van der Waals surface area (Å²) in [7, 11) is 0. The number of phenols is 12. The van der Waals surface area contributed by atoms with Crippen LogP contribution < -0.4 is 9.47 Å². The predicted octanol–water partition coefficient (Wildman–Crippen LogP) is 28.7. The van der Waals surface area contributed by atoms with Crippen molar-refractivity contribution in [3.63, 3.8) is 0 Å². The molecule has 22 aromatic carbocycles. The first-order valence-electron chi connectivity index (χ1n) is 44.0. The summed E-state index contributed by atoms with van der Waals surface area (Å²) in [5, 5.41) is 142. The van der Waals surface area contributed by atoms with Gasteiger partial charge in [0.25, 0.3) is 0 Å². The SMILES string of the molecule is Oc1ccc2c(C(c3ccc(-c4ccc(C(c5c(O)ccc6cc(O)ccc56)c5c(O)ccc6cc(O)ccc56)cc4)cc3)c3c(O)ccc4cc(O)ccc34)c(O)ccc2c1.Oc1ccc2c3c(ccc2c1)Oc1ccc2cc(O)ccc2c1C3c1ccc(-c2ccccc2)cc1.Oc1ccc2ccc3c(c2c1)C(c1ccc(-c2ccccc2)cc1)c1c(ccc2ccc(O)cc12)O3. The van der Waals surface area contributed by atoms with Gasteiger partial charge < -0.3 is 70.8 Å². The molecule has 0 radical (unpaired) electrons. The molecule has 12 N–H and O–H groups in total. The fourth-order valence-electron chi connectivity index (χ4n) is 20.2. The van der Waals surface area contributed by atoms with Crippen LogP contribution in [0.2, 0.25) is 0 Å². The van der Waals surface area contributed by atoms with Gasteiger partial charge in [0.1, 0.15) is 92.0 Å². The van der Waals surface area contributed by atoms with Gasteiger partial charge in [-0.15, -0.1) is 0 Å². The van der Waals surface area contributed by atoms with Gasteiger partial charge in [-0.1, -0.05) is 255 Å². The molecule has 14 nitrogen and oxygen atoms in total. The normalized spacial score (nSPS) is 12.3. The second-order valence-corrected chi connectivity index (χ2v) is 34.3. The van der Waals surface area contributed by atoms with Gasteiger partial charge in [-0.2, -0.15) is 0 Å². The highest BCUT2D eigenvalue weighted by Crippen LogP contribution is 2.57. The minimum absolute atomic E-state index is 0.0145. The highest BCUT2D eigenvalue weighted by atomic mass is 16.5. The first-order chi connectivity index (χ1) is 65.3. The molecule has 2 heterocycles. The maximum atomic E-state index is 11.6. The number of hydrogen-bond donors (Lipinski definition) is 12. The van der Waals surface area contributed by atoms with Crippen molar-refractivity contribution in [1.29, 1.82) is 0 Å². The lowest BCUT2D eigenvalue weighted by atomic mass is 9.78. The van der Waals surface area contributed by atoms with Crippen LogP contribution in [0.1, 0.15) is 90.4 Å². The number of benzene rings is 22. The smallest absolute Gasteiger partial charge is 0.132 e. The number of phenolic OH excluding ortho intramolecular Hbond substituents is 12. The minimum Gasteiger partial charge on any atom is -0.508 e. The largest absolute Gasteiger partial charge is 0.508 e. The van der Waals surface area contributed by atoms with Crippen LogP contribution in [0.4, 0.5) is 0 Å². The third-order valence-corrected chi connectivity index (χ3v) is 26.4. The molecule has 0 saturated carbocycles. The van der Waals surface area contributed by atoms with Crippen molar-refractivity contribution in [2.75, 3.05) is 0 Å². The van der Waals surface area contributed by atoms with E-state index < -0.39 is 11.8 Å². The summed E-state index contributed by atoms with van der Waals surface area (Å²) in [6.07, 6.45) is 0. The van der Waals surface area contributed by atoms with Crippen LogP contribution in [0.25, 0.3) is 120 Å². The van der Waals surface area contributed by atoms with E-state index in [0.29, 0.717) is 65.3 Å². The Morgan fingerprint density at radius 2 is 0.388 bits per heavy atom. The third kappa shape index (κ3) is 14.8. The molecule has 24 rings (SSSR count). The minimum atomic E-state index is -0.681. The zero-order valence-corrected chi connectivity index (χ0v) is 71.6. The van der Waals surface area contributed by atoms with E-state index in [1.807, 2.05) is 158 Å². The van der Waals surface area contributed by atoms with Crippen LogP contribution in [0.5, 0.6) is 92.0 Å². The van der Waals surface area contributed by atoms with Gasteiger partial charge in [-0.05, 0) is 287 Å². The van der Waals surface area contributed by atoms with Crippen LogP contribution >= 0.6 is 0 Å². The number of fused-ring (bicyclic) bond motifs is 16. The van der Waals surface area contributed by atoms with Crippen molar-refractivity contribution in [2.24, 2.45) is 0 Å². The molecule has 0 amide bonds. The van der Waals surface area contributed by atoms with E-state index in [1.54, 1.807) is 158 Å². The summed E-state index contributed by atoms with van der Waals surface area (Å²) >= 11 is 0. The topological polar surface area (TPSA) is 261 Å². The van der Waals surface area contributed by atoms with Crippen molar-refractivity contribution < 1.29 is 70.8 Å². The Hall–Kier alpha value is -17.9. The maximum absolute atomic E-state index is 11.6. The van der Waals surface area contributed by atoms with Gasteiger partial charge in [-0.25, -0.2) is 0 Å². The van der Waals surface area contributed by atoms with Gasteiger partial charge in [0.15, 0.2) is 0 Å².